The quantitative estimate of drug-likeness (QED) is 0.523. The number of carbonyl (C=O) groups excluding carboxylic acids is 1. The molecular formula is C22H24N2OS. The summed E-state index contributed by atoms with van der Waals surface area (Å²) in [5, 5.41) is 6.10. The number of nitrogens with one attached hydrogen (secondary N) is 1. The Morgan fingerprint density at radius 2 is 1.85 bits per heavy atom. The fourth-order valence-electron chi connectivity index (χ4n) is 2.79. The SMILES string of the molecule is CCCCCC(=O)NCc1cccc(-c2nc(-c3ccccc3)cs2)c1. The largest absolute Gasteiger partial charge is 0.352 e. The van der Waals surface area contributed by atoms with Crippen molar-refractivity contribution in [3.05, 3.63) is 65.5 Å². The highest BCUT2D eigenvalue weighted by Crippen LogP contribution is 2.29. The van der Waals surface area contributed by atoms with Crippen molar-refractivity contribution in [2.45, 2.75) is 39.2 Å². The first-order chi connectivity index (χ1) is 12.8. The summed E-state index contributed by atoms with van der Waals surface area (Å²) in [6.45, 7) is 2.71. The molecule has 3 nitrogen and oxygen atoms in total. The minimum absolute atomic E-state index is 0.129. The molecule has 0 atom stereocenters. The number of nitrogens with zero attached hydrogens (tertiary/aromatic N) is 1. The van der Waals surface area contributed by atoms with Crippen molar-refractivity contribution in [2.24, 2.45) is 0 Å². The predicted molar refractivity (Wildman–Crippen MR) is 109 cm³/mol. The van der Waals surface area contributed by atoms with Crippen molar-refractivity contribution >= 4 is 17.2 Å². The normalized spacial score (nSPS) is 10.7. The van der Waals surface area contributed by atoms with Crippen molar-refractivity contribution in [3.8, 4) is 21.8 Å². The molecule has 1 N–H and O–H groups in total. The van der Waals surface area contributed by atoms with Crippen molar-refractivity contribution < 1.29 is 4.79 Å². The van der Waals surface area contributed by atoms with Crippen LogP contribution in [0.1, 0.15) is 38.2 Å². The van der Waals surface area contributed by atoms with Gasteiger partial charge in [0.2, 0.25) is 5.91 Å². The lowest BCUT2D eigenvalue weighted by atomic mass is 10.1. The minimum atomic E-state index is 0.129. The van der Waals surface area contributed by atoms with E-state index >= 15 is 0 Å². The molecule has 0 aliphatic carbocycles. The van der Waals surface area contributed by atoms with Gasteiger partial charge >= 0.3 is 0 Å². The Morgan fingerprint density at radius 1 is 1.04 bits per heavy atom. The molecule has 3 rings (SSSR count). The summed E-state index contributed by atoms with van der Waals surface area (Å²) < 4.78 is 0. The molecule has 3 aromatic rings. The van der Waals surface area contributed by atoms with Crippen LogP contribution in [0.3, 0.4) is 0 Å². The van der Waals surface area contributed by atoms with E-state index in [1.54, 1.807) is 11.3 Å². The van der Waals surface area contributed by atoms with Crippen LogP contribution in [0.2, 0.25) is 0 Å². The van der Waals surface area contributed by atoms with Gasteiger partial charge in [0.05, 0.1) is 5.69 Å². The van der Waals surface area contributed by atoms with Crippen molar-refractivity contribution in [2.75, 3.05) is 0 Å². The first kappa shape index (κ1) is 18.3. The van der Waals surface area contributed by atoms with Crippen LogP contribution in [-0.2, 0) is 11.3 Å². The van der Waals surface area contributed by atoms with E-state index in [4.69, 9.17) is 4.98 Å². The first-order valence-corrected chi connectivity index (χ1v) is 10.0. The lowest BCUT2D eigenvalue weighted by molar-refractivity contribution is -0.121. The highest BCUT2D eigenvalue weighted by atomic mass is 32.1. The van der Waals surface area contributed by atoms with Gasteiger partial charge in [-0.15, -0.1) is 11.3 Å². The fraction of sp³-hybridized carbons (Fsp3) is 0.273. The second-order valence-corrected chi connectivity index (χ2v) is 7.20. The second kappa shape index (κ2) is 9.30. The molecular weight excluding hydrogens is 340 g/mol. The van der Waals surface area contributed by atoms with E-state index in [-0.39, 0.29) is 5.91 Å². The van der Waals surface area contributed by atoms with Gasteiger partial charge in [-0.2, -0.15) is 0 Å². The summed E-state index contributed by atoms with van der Waals surface area (Å²) in [5.74, 6) is 0.129. The van der Waals surface area contributed by atoms with Crippen LogP contribution < -0.4 is 5.32 Å². The van der Waals surface area contributed by atoms with Crippen molar-refractivity contribution in [3.63, 3.8) is 0 Å². The van der Waals surface area contributed by atoms with Crippen LogP contribution in [-0.4, -0.2) is 10.9 Å². The van der Waals surface area contributed by atoms with Gasteiger partial charge < -0.3 is 5.32 Å². The van der Waals surface area contributed by atoms with Crippen LogP contribution in [0.4, 0.5) is 0 Å². The maximum Gasteiger partial charge on any atom is 0.220 e. The third-order valence-electron chi connectivity index (χ3n) is 4.24. The summed E-state index contributed by atoms with van der Waals surface area (Å²) in [5.41, 5.74) is 4.32. The molecule has 1 amide bonds. The van der Waals surface area contributed by atoms with Gasteiger partial charge in [-0.1, -0.05) is 68.3 Å². The number of rotatable bonds is 8. The summed E-state index contributed by atoms with van der Waals surface area (Å²) >= 11 is 1.65. The molecule has 0 spiro atoms. The Hall–Kier alpha value is -2.46. The van der Waals surface area contributed by atoms with Crippen molar-refractivity contribution in [1.29, 1.82) is 0 Å². The van der Waals surface area contributed by atoms with E-state index in [0.717, 1.165) is 46.7 Å². The average molecular weight is 365 g/mol. The Kier molecular flexibility index (Phi) is 6.56. The smallest absolute Gasteiger partial charge is 0.220 e. The number of unbranched alkanes of at least 4 members (excludes halogenated alkanes) is 2. The summed E-state index contributed by atoms with van der Waals surface area (Å²) in [7, 11) is 0. The topological polar surface area (TPSA) is 42.0 Å². The first-order valence-electron chi connectivity index (χ1n) is 9.13. The molecule has 2 aromatic carbocycles. The Morgan fingerprint density at radius 3 is 2.65 bits per heavy atom. The summed E-state index contributed by atoms with van der Waals surface area (Å²) in [6.07, 6.45) is 3.81. The molecule has 0 unspecified atom stereocenters. The lowest BCUT2D eigenvalue weighted by Gasteiger charge is -2.06. The maximum atomic E-state index is 11.9. The Bertz CT molecular complexity index is 842. The standard InChI is InChI=1S/C22H24N2OS/c1-2-3-5-13-21(25)23-15-17-9-8-12-19(14-17)22-24-20(16-26-22)18-10-6-4-7-11-18/h4,6-12,14,16H,2-3,5,13,15H2,1H3,(H,23,25). The fourth-order valence-corrected chi connectivity index (χ4v) is 3.61. The van der Waals surface area contributed by atoms with E-state index in [1.165, 1.54) is 0 Å². The predicted octanol–water partition coefficient (Wildman–Crippen LogP) is 5.67. The van der Waals surface area contributed by atoms with E-state index < -0.39 is 0 Å². The summed E-state index contributed by atoms with van der Waals surface area (Å²) in [6, 6.07) is 18.5. The molecule has 1 heterocycles. The molecule has 0 aliphatic rings. The highest BCUT2D eigenvalue weighted by molar-refractivity contribution is 7.13. The molecule has 4 heteroatoms. The number of carbonyl (C=O) groups is 1. The van der Waals surface area contributed by atoms with Crippen LogP contribution in [0.5, 0.6) is 0 Å². The molecule has 1 aromatic heterocycles. The van der Waals surface area contributed by atoms with Gasteiger partial charge in [-0.05, 0) is 18.1 Å². The lowest BCUT2D eigenvalue weighted by Crippen LogP contribution is -2.22. The molecule has 0 saturated heterocycles. The molecule has 134 valence electrons. The van der Waals surface area contributed by atoms with Gasteiger partial charge in [0.25, 0.3) is 0 Å². The maximum absolute atomic E-state index is 11.9. The zero-order valence-electron chi connectivity index (χ0n) is 15.1. The average Bonchev–Trinajstić information content (AvgIpc) is 3.18. The zero-order chi connectivity index (χ0) is 18.2. The number of hydrogen-bond donors (Lipinski definition) is 1. The minimum Gasteiger partial charge on any atom is -0.352 e. The summed E-state index contributed by atoms with van der Waals surface area (Å²) in [4.78, 5) is 16.7. The Balaban J connectivity index is 1.64. The molecule has 0 bridgehead atoms. The van der Waals surface area contributed by atoms with Gasteiger partial charge in [0.1, 0.15) is 5.01 Å². The van der Waals surface area contributed by atoms with Gasteiger partial charge in [-0.3, -0.25) is 4.79 Å². The van der Waals surface area contributed by atoms with Crippen LogP contribution >= 0.6 is 11.3 Å². The van der Waals surface area contributed by atoms with Crippen LogP contribution in [0.15, 0.2) is 60.0 Å². The third-order valence-corrected chi connectivity index (χ3v) is 5.14. The monoisotopic (exact) mass is 364 g/mol. The molecule has 0 fully saturated rings. The van der Waals surface area contributed by atoms with E-state index in [0.29, 0.717) is 13.0 Å². The highest BCUT2D eigenvalue weighted by Gasteiger charge is 2.08. The number of aromatic nitrogens is 1. The third kappa shape index (κ3) is 5.02. The zero-order valence-corrected chi connectivity index (χ0v) is 15.9. The number of benzene rings is 2. The van der Waals surface area contributed by atoms with Crippen LogP contribution in [0, 0.1) is 0 Å². The van der Waals surface area contributed by atoms with Gasteiger partial charge in [-0.25, -0.2) is 4.98 Å². The Labute approximate surface area is 159 Å². The molecule has 0 aliphatic heterocycles. The van der Waals surface area contributed by atoms with Gasteiger partial charge in [0, 0.05) is 29.5 Å². The van der Waals surface area contributed by atoms with Crippen LogP contribution in [0.25, 0.3) is 21.8 Å². The van der Waals surface area contributed by atoms with E-state index in [1.807, 2.05) is 30.3 Å². The number of amides is 1. The number of hydrogen-bond acceptors (Lipinski definition) is 3. The second-order valence-electron chi connectivity index (χ2n) is 6.34. The molecule has 0 radical (unpaired) electrons. The van der Waals surface area contributed by atoms with Crippen molar-refractivity contribution in [1.82, 2.24) is 10.3 Å². The van der Waals surface area contributed by atoms with E-state index in [2.05, 4.69) is 41.9 Å². The number of thiazole rings is 1. The molecule has 26 heavy (non-hydrogen) atoms. The van der Waals surface area contributed by atoms with E-state index in [9.17, 15) is 4.79 Å². The van der Waals surface area contributed by atoms with Gasteiger partial charge in [0.15, 0.2) is 0 Å². The molecule has 0 saturated carbocycles.